The topological polar surface area (TPSA) is 77.1 Å². The number of hydrogen-bond donors (Lipinski definition) is 2. The average molecular weight is 355 g/mol. The van der Waals surface area contributed by atoms with E-state index in [1.165, 1.54) is 12.8 Å². The lowest BCUT2D eigenvalue weighted by molar-refractivity contribution is 0.0787. The van der Waals surface area contributed by atoms with Gasteiger partial charge in [-0.2, -0.15) is 10.2 Å². The van der Waals surface area contributed by atoms with Crippen LogP contribution < -0.4 is 10.1 Å². The molecule has 1 aliphatic rings. The van der Waals surface area contributed by atoms with E-state index in [4.69, 9.17) is 9.84 Å². The Morgan fingerprint density at radius 3 is 2.77 bits per heavy atom. The third-order valence-electron chi connectivity index (χ3n) is 4.92. The largest absolute Gasteiger partial charge is 0.480 e. The SMILES string of the molecule is COc1c(Nc2nn(CC3CC3)c3cc(C(C)(C)O)ccc23)cnn1C. The molecule has 0 spiro atoms. The first-order valence-electron chi connectivity index (χ1n) is 8.93. The predicted octanol–water partition coefficient (Wildman–Crippen LogP) is 3.16. The van der Waals surface area contributed by atoms with Gasteiger partial charge in [-0.25, -0.2) is 4.68 Å². The van der Waals surface area contributed by atoms with Gasteiger partial charge in [0.25, 0.3) is 0 Å². The van der Waals surface area contributed by atoms with Crippen molar-refractivity contribution in [3.63, 3.8) is 0 Å². The van der Waals surface area contributed by atoms with E-state index in [2.05, 4.69) is 10.4 Å². The lowest BCUT2D eigenvalue weighted by Crippen LogP contribution is -2.15. The Balaban J connectivity index is 1.78. The standard InChI is InChI=1S/C19H25N5O2/c1-19(2,25)13-7-8-14-16(9-13)24(11-12-5-6-12)22-17(14)21-15-10-20-23(3)18(15)26-4/h7-10,12,25H,5-6,11H2,1-4H3,(H,21,22). The summed E-state index contributed by atoms with van der Waals surface area (Å²) >= 11 is 0. The molecule has 0 saturated heterocycles. The van der Waals surface area contributed by atoms with Crippen LogP contribution >= 0.6 is 0 Å². The Hall–Kier alpha value is -2.54. The molecule has 2 aromatic heterocycles. The lowest BCUT2D eigenvalue weighted by atomic mass is 9.97. The fourth-order valence-corrected chi connectivity index (χ4v) is 3.21. The lowest BCUT2D eigenvalue weighted by Gasteiger charge is -2.18. The minimum atomic E-state index is -0.886. The molecule has 2 N–H and O–H groups in total. The molecular formula is C19H25N5O2. The van der Waals surface area contributed by atoms with Crippen LogP contribution in [0.15, 0.2) is 24.4 Å². The maximum Gasteiger partial charge on any atom is 0.235 e. The normalized spacial score (nSPS) is 14.8. The van der Waals surface area contributed by atoms with Crippen molar-refractivity contribution in [2.75, 3.05) is 12.4 Å². The maximum atomic E-state index is 10.4. The summed E-state index contributed by atoms with van der Waals surface area (Å²) in [5.74, 6) is 2.13. The first kappa shape index (κ1) is 16.9. The first-order chi connectivity index (χ1) is 12.4. The van der Waals surface area contributed by atoms with Crippen LogP contribution in [0.5, 0.6) is 5.88 Å². The average Bonchev–Trinajstić information content (AvgIpc) is 3.25. The number of aryl methyl sites for hydroxylation is 1. The molecule has 7 heteroatoms. The van der Waals surface area contributed by atoms with E-state index in [1.807, 2.05) is 29.9 Å². The number of fused-ring (bicyclic) bond motifs is 1. The van der Waals surface area contributed by atoms with Gasteiger partial charge in [0.1, 0.15) is 5.69 Å². The summed E-state index contributed by atoms with van der Waals surface area (Å²) in [4.78, 5) is 0. The summed E-state index contributed by atoms with van der Waals surface area (Å²) in [7, 11) is 3.46. The van der Waals surface area contributed by atoms with Crippen molar-refractivity contribution in [3.8, 4) is 5.88 Å². The van der Waals surface area contributed by atoms with Crippen molar-refractivity contribution < 1.29 is 9.84 Å². The van der Waals surface area contributed by atoms with Crippen LogP contribution in [0.25, 0.3) is 10.9 Å². The van der Waals surface area contributed by atoms with Crippen LogP contribution in [-0.4, -0.2) is 31.8 Å². The Morgan fingerprint density at radius 1 is 1.35 bits per heavy atom. The fourth-order valence-electron chi connectivity index (χ4n) is 3.21. The molecule has 0 atom stereocenters. The van der Waals surface area contributed by atoms with E-state index in [9.17, 15) is 5.11 Å². The van der Waals surface area contributed by atoms with Gasteiger partial charge in [-0.15, -0.1) is 0 Å². The van der Waals surface area contributed by atoms with Crippen molar-refractivity contribution in [2.45, 2.75) is 38.8 Å². The predicted molar refractivity (Wildman–Crippen MR) is 101 cm³/mol. The van der Waals surface area contributed by atoms with Crippen molar-refractivity contribution in [1.29, 1.82) is 0 Å². The highest BCUT2D eigenvalue weighted by molar-refractivity contribution is 5.92. The van der Waals surface area contributed by atoms with Gasteiger partial charge in [-0.05, 0) is 50.3 Å². The minimum Gasteiger partial charge on any atom is -0.480 e. The van der Waals surface area contributed by atoms with Crippen molar-refractivity contribution in [1.82, 2.24) is 19.6 Å². The number of benzene rings is 1. The third kappa shape index (κ3) is 3.03. The highest BCUT2D eigenvalue weighted by Gasteiger charge is 2.25. The zero-order valence-corrected chi connectivity index (χ0v) is 15.7. The molecule has 1 aromatic carbocycles. The second-order valence-electron chi connectivity index (χ2n) is 7.58. The van der Waals surface area contributed by atoms with Crippen LogP contribution in [0.3, 0.4) is 0 Å². The van der Waals surface area contributed by atoms with E-state index in [0.717, 1.165) is 34.5 Å². The first-order valence-corrected chi connectivity index (χ1v) is 8.93. The summed E-state index contributed by atoms with van der Waals surface area (Å²) in [6.45, 7) is 4.50. The molecule has 0 aliphatic heterocycles. The number of methoxy groups -OCH3 is 1. The van der Waals surface area contributed by atoms with E-state index in [0.29, 0.717) is 11.8 Å². The molecule has 0 amide bonds. The van der Waals surface area contributed by atoms with Gasteiger partial charge in [0.15, 0.2) is 5.82 Å². The number of aromatic nitrogens is 4. The minimum absolute atomic E-state index is 0.656. The number of rotatable bonds is 6. The second kappa shape index (κ2) is 6.02. The quantitative estimate of drug-likeness (QED) is 0.710. The molecular weight excluding hydrogens is 330 g/mol. The van der Waals surface area contributed by atoms with E-state index in [-0.39, 0.29) is 0 Å². The molecule has 1 aliphatic carbocycles. The molecule has 138 valence electrons. The molecule has 1 fully saturated rings. The van der Waals surface area contributed by atoms with E-state index >= 15 is 0 Å². The number of nitrogens with zero attached hydrogens (tertiary/aromatic N) is 4. The van der Waals surface area contributed by atoms with Crippen molar-refractivity contribution in [2.24, 2.45) is 13.0 Å². The van der Waals surface area contributed by atoms with Crippen LogP contribution in [0.4, 0.5) is 11.5 Å². The Kier molecular flexibility index (Phi) is 3.91. The molecule has 7 nitrogen and oxygen atoms in total. The second-order valence-corrected chi connectivity index (χ2v) is 7.58. The molecule has 2 heterocycles. The molecule has 26 heavy (non-hydrogen) atoms. The molecule has 0 radical (unpaired) electrons. The zero-order valence-electron chi connectivity index (χ0n) is 15.7. The van der Waals surface area contributed by atoms with Gasteiger partial charge in [0.2, 0.25) is 5.88 Å². The van der Waals surface area contributed by atoms with E-state index in [1.54, 1.807) is 31.8 Å². The molecule has 0 bridgehead atoms. The van der Waals surface area contributed by atoms with Gasteiger partial charge >= 0.3 is 0 Å². The maximum absolute atomic E-state index is 10.4. The van der Waals surface area contributed by atoms with E-state index < -0.39 is 5.60 Å². The van der Waals surface area contributed by atoms with Crippen molar-refractivity contribution in [3.05, 3.63) is 30.0 Å². The van der Waals surface area contributed by atoms with Crippen molar-refractivity contribution >= 4 is 22.4 Å². The smallest absolute Gasteiger partial charge is 0.235 e. The molecule has 1 saturated carbocycles. The number of nitrogens with one attached hydrogen (secondary N) is 1. The summed E-state index contributed by atoms with van der Waals surface area (Å²) in [6, 6.07) is 6.01. The summed E-state index contributed by atoms with van der Waals surface area (Å²) in [5, 5.41) is 23.8. The number of ether oxygens (including phenoxy) is 1. The monoisotopic (exact) mass is 355 g/mol. The Bertz CT molecular complexity index is 947. The van der Waals surface area contributed by atoms with Crippen LogP contribution in [0.1, 0.15) is 32.3 Å². The molecule has 0 unspecified atom stereocenters. The summed E-state index contributed by atoms with van der Waals surface area (Å²) in [6.07, 6.45) is 4.24. The van der Waals surface area contributed by atoms with Gasteiger partial charge in [0, 0.05) is 19.0 Å². The Morgan fingerprint density at radius 2 is 2.12 bits per heavy atom. The summed E-state index contributed by atoms with van der Waals surface area (Å²) < 4.78 is 9.14. The van der Waals surface area contributed by atoms with Crippen LogP contribution in [0.2, 0.25) is 0 Å². The Labute approximate surface area is 152 Å². The van der Waals surface area contributed by atoms with Gasteiger partial charge in [-0.1, -0.05) is 6.07 Å². The fraction of sp³-hybridized carbons (Fsp3) is 0.474. The van der Waals surface area contributed by atoms with Gasteiger partial charge in [0.05, 0.1) is 24.4 Å². The third-order valence-corrected chi connectivity index (χ3v) is 4.92. The zero-order chi connectivity index (χ0) is 18.5. The van der Waals surface area contributed by atoms with Gasteiger partial charge < -0.3 is 15.2 Å². The number of anilines is 2. The highest BCUT2D eigenvalue weighted by Crippen LogP contribution is 2.36. The highest BCUT2D eigenvalue weighted by atomic mass is 16.5. The van der Waals surface area contributed by atoms with Gasteiger partial charge in [-0.3, -0.25) is 4.68 Å². The molecule has 3 aromatic rings. The number of aliphatic hydroxyl groups is 1. The van der Waals surface area contributed by atoms with Crippen LogP contribution in [0, 0.1) is 5.92 Å². The molecule has 4 rings (SSSR count). The van der Waals surface area contributed by atoms with Crippen LogP contribution in [-0.2, 0) is 19.2 Å². The number of hydrogen-bond acceptors (Lipinski definition) is 5. The summed E-state index contributed by atoms with van der Waals surface area (Å²) in [5.41, 5.74) is 1.80.